The maximum Gasteiger partial charge on any atom is 0.410 e. The second-order valence-electron chi connectivity index (χ2n) is 8.68. The summed E-state index contributed by atoms with van der Waals surface area (Å²) in [6.07, 6.45) is -0.333. The van der Waals surface area contributed by atoms with Crippen LogP contribution >= 0.6 is 0 Å². The lowest BCUT2D eigenvalue weighted by Gasteiger charge is -2.33. The molecule has 0 heterocycles. The molecule has 0 saturated heterocycles. The van der Waals surface area contributed by atoms with Gasteiger partial charge in [0.15, 0.2) is 0 Å². The van der Waals surface area contributed by atoms with Crippen molar-refractivity contribution in [2.45, 2.75) is 72.2 Å². The van der Waals surface area contributed by atoms with Gasteiger partial charge in [-0.05, 0) is 54.4 Å². The Morgan fingerprint density at radius 2 is 1.42 bits per heavy atom. The van der Waals surface area contributed by atoms with Gasteiger partial charge in [0.2, 0.25) is 0 Å². The molecule has 2 amide bonds. The van der Waals surface area contributed by atoms with E-state index in [-0.39, 0.29) is 30.7 Å². The molecular weight excluding hydrogens is 432 g/mol. The van der Waals surface area contributed by atoms with Gasteiger partial charge in [0.05, 0.1) is 13.2 Å². The summed E-state index contributed by atoms with van der Waals surface area (Å²) in [7, 11) is 1.60. The maximum absolute atomic E-state index is 12.3. The highest BCUT2D eigenvalue weighted by molar-refractivity contribution is 5.89. The van der Waals surface area contributed by atoms with Crippen molar-refractivity contribution in [3.8, 4) is 0 Å². The zero-order valence-electron chi connectivity index (χ0n) is 20.9. The van der Waals surface area contributed by atoms with Crippen LogP contribution in [0.15, 0.2) is 24.3 Å². The number of hydrogen-bond donors (Lipinski definition) is 1. The lowest BCUT2D eigenvalue weighted by molar-refractivity contribution is -0.224. The van der Waals surface area contributed by atoms with E-state index in [1.54, 1.807) is 34.7 Å². The fourth-order valence-electron chi connectivity index (χ4n) is 2.36. The van der Waals surface area contributed by atoms with Crippen molar-refractivity contribution in [2.75, 3.05) is 26.7 Å². The number of amides is 2. The molecule has 0 atom stereocenters. The van der Waals surface area contributed by atoms with Crippen LogP contribution in [0.3, 0.4) is 0 Å². The molecule has 0 rings (SSSR count). The molecule has 0 aromatic carbocycles. The second-order valence-corrected chi connectivity index (χ2v) is 8.68. The Balaban J connectivity index is 5.44. The quantitative estimate of drug-likeness (QED) is 0.151. The zero-order valence-corrected chi connectivity index (χ0v) is 20.9. The van der Waals surface area contributed by atoms with Crippen LogP contribution in [0.4, 0.5) is 9.59 Å². The van der Waals surface area contributed by atoms with Gasteiger partial charge in [-0.3, -0.25) is 0 Å². The minimum atomic E-state index is -1.82. The smallest absolute Gasteiger partial charge is 0.410 e. The largest absolute Gasteiger partial charge is 0.450 e. The molecule has 33 heavy (non-hydrogen) atoms. The molecule has 0 aliphatic carbocycles. The molecule has 0 aliphatic rings. The van der Waals surface area contributed by atoms with E-state index in [0.29, 0.717) is 19.4 Å². The third kappa shape index (κ3) is 12.5. The summed E-state index contributed by atoms with van der Waals surface area (Å²) in [5.74, 6) is -3.40. The van der Waals surface area contributed by atoms with Crippen LogP contribution < -0.4 is 5.32 Å². The molecule has 0 aliphatic heterocycles. The molecule has 0 spiro atoms. The van der Waals surface area contributed by atoms with Crippen LogP contribution in [0.1, 0.15) is 60.8 Å². The highest BCUT2D eigenvalue weighted by atomic mass is 16.7. The molecule has 0 radical (unpaired) electrons. The van der Waals surface area contributed by atoms with Gasteiger partial charge in [-0.25, -0.2) is 19.2 Å². The van der Waals surface area contributed by atoms with Gasteiger partial charge < -0.3 is 29.2 Å². The van der Waals surface area contributed by atoms with Gasteiger partial charge in [-0.2, -0.15) is 0 Å². The standard InChI is InChI=1S/C23H38N2O8/c1-10-30-20(28)24-15-23(31-18(26)16(2)3,32-19(27)17(4)5)13-11-12-14-25(9)21(29)33-22(6,7)8/h2,4,10-15H2,1,3,5-9H3,(H,24,28). The van der Waals surface area contributed by atoms with Gasteiger partial charge in [0.25, 0.3) is 5.79 Å². The molecule has 0 aromatic heterocycles. The molecule has 0 aromatic rings. The molecular formula is C23H38N2O8. The average Bonchev–Trinajstić information content (AvgIpc) is 2.68. The number of ether oxygens (including phenoxy) is 4. The zero-order chi connectivity index (χ0) is 25.8. The maximum atomic E-state index is 12.3. The number of nitrogens with zero attached hydrogens (tertiary/aromatic N) is 1. The molecule has 0 unspecified atom stereocenters. The van der Waals surface area contributed by atoms with Gasteiger partial charge in [0.1, 0.15) is 5.60 Å². The highest BCUT2D eigenvalue weighted by Gasteiger charge is 2.39. The first kappa shape index (κ1) is 30.0. The Kier molecular flexibility index (Phi) is 12.3. The molecule has 10 heteroatoms. The molecule has 0 bridgehead atoms. The van der Waals surface area contributed by atoms with Gasteiger partial charge in [0, 0.05) is 31.2 Å². The number of alkyl carbamates (subject to hydrolysis) is 1. The molecule has 0 fully saturated rings. The molecule has 10 nitrogen and oxygen atoms in total. The van der Waals surface area contributed by atoms with E-state index < -0.39 is 35.5 Å². The van der Waals surface area contributed by atoms with Crippen LogP contribution in [-0.4, -0.2) is 67.2 Å². The summed E-state index contributed by atoms with van der Waals surface area (Å²) in [5, 5.41) is 2.45. The van der Waals surface area contributed by atoms with Gasteiger partial charge in [-0.1, -0.05) is 13.2 Å². The summed E-state index contributed by atoms with van der Waals surface area (Å²) in [6.45, 7) is 17.1. The normalized spacial score (nSPS) is 11.1. The summed E-state index contributed by atoms with van der Waals surface area (Å²) < 4.78 is 21.1. The predicted octanol–water partition coefficient (Wildman–Crippen LogP) is 3.70. The molecule has 1 N–H and O–H groups in total. The summed E-state index contributed by atoms with van der Waals surface area (Å²) >= 11 is 0. The summed E-state index contributed by atoms with van der Waals surface area (Å²) in [4.78, 5) is 50.0. The lowest BCUT2D eigenvalue weighted by Crippen LogP contribution is -2.50. The number of rotatable bonds is 12. The van der Waals surface area contributed by atoms with Crippen LogP contribution in [0.5, 0.6) is 0 Å². The van der Waals surface area contributed by atoms with Crippen molar-refractivity contribution in [1.82, 2.24) is 10.2 Å². The first-order chi connectivity index (χ1) is 15.1. The topological polar surface area (TPSA) is 120 Å². The summed E-state index contributed by atoms with van der Waals surface area (Å²) in [6, 6.07) is 0. The predicted molar refractivity (Wildman–Crippen MR) is 122 cm³/mol. The third-order valence-corrected chi connectivity index (χ3v) is 4.04. The summed E-state index contributed by atoms with van der Waals surface area (Å²) in [5.41, 5.74) is -0.440. The Hall–Kier alpha value is -3.04. The van der Waals surface area contributed by atoms with E-state index in [9.17, 15) is 19.2 Å². The van der Waals surface area contributed by atoms with Crippen molar-refractivity contribution < 1.29 is 38.1 Å². The van der Waals surface area contributed by atoms with Crippen molar-refractivity contribution in [3.05, 3.63) is 24.3 Å². The van der Waals surface area contributed by atoms with Crippen LogP contribution in [0, 0.1) is 0 Å². The van der Waals surface area contributed by atoms with Crippen molar-refractivity contribution in [3.63, 3.8) is 0 Å². The Bertz CT molecular complexity index is 711. The number of carbonyl (C=O) groups excluding carboxylic acids is 4. The lowest BCUT2D eigenvalue weighted by atomic mass is 10.1. The Labute approximate surface area is 196 Å². The van der Waals surface area contributed by atoms with E-state index in [0.717, 1.165) is 0 Å². The van der Waals surface area contributed by atoms with Gasteiger partial charge >= 0.3 is 24.1 Å². The third-order valence-electron chi connectivity index (χ3n) is 4.04. The second kappa shape index (κ2) is 13.5. The van der Waals surface area contributed by atoms with Crippen LogP contribution in [0.2, 0.25) is 0 Å². The average molecular weight is 471 g/mol. The van der Waals surface area contributed by atoms with E-state index in [4.69, 9.17) is 18.9 Å². The minimum Gasteiger partial charge on any atom is -0.450 e. The van der Waals surface area contributed by atoms with E-state index >= 15 is 0 Å². The highest BCUT2D eigenvalue weighted by Crippen LogP contribution is 2.24. The van der Waals surface area contributed by atoms with Crippen LogP contribution in [-0.2, 0) is 28.5 Å². The number of unbranched alkanes of at least 4 members (excludes halogenated alkanes) is 1. The van der Waals surface area contributed by atoms with Crippen molar-refractivity contribution in [2.24, 2.45) is 0 Å². The monoisotopic (exact) mass is 470 g/mol. The minimum absolute atomic E-state index is 0.0413. The number of esters is 2. The fourth-order valence-corrected chi connectivity index (χ4v) is 2.36. The first-order valence-corrected chi connectivity index (χ1v) is 10.7. The van der Waals surface area contributed by atoms with Crippen LogP contribution in [0.25, 0.3) is 0 Å². The van der Waals surface area contributed by atoms with E-state index in [2.05, 4.69) is 18.5 Å². The molecule has 188 valence electrons. The number of hydrogen-bond acceptors (Lipinski definition) is 8. The Morgan fingerprint density at radius 1 is 0.909 bits per heavy atom. The van der Waals surface area contributed by atoms with Gasteiger partial charge in [-0.15, -0.1) is 0 Å². The molecule has 0 saturated carbocycles. The van der Waals surface area contributed by atoms with Crippen molar-refractivity contribution >= 4 is 24.1 Å². The Morgan fingerprint density at radius 3 is 1.85 bits per heavy atom. The fraction of sp³-hybridized carbons (Fsp3) is 0.652. The SMILES string of the molecule is C=C(C)C(=O)OC(CCCCN(C)C(=O)OC(C)(C)C)(CNC(=O)OCC)OC(=O)C(=C)C. The number of carbonyl (C=O) groups is 4. The number of nitrogens with one attached hydrogen (secondary N) is 1. The van der Waals surface area contributed by atoms with E-state index in [1.807, 2.05) is 0 Å². The first-order valence-electron chi connectivity index (χ1n) is 10.7. The van der Waals surface area contributed by atoms with E-state index in [1.165, 1.54) is 18.7 Å². The van der Waals surface area contributed by atoms with Crippen molar-refractivity contribution in [1.29, 1.82) is 0 Å².